The van der Waals surface area contributed by atoms with Crippen LogP contribution in [-0.4, -0.2) is 30.3 Å². The zero-order chi connectivity index (χ0) is 19.0. The average molecular weight is 473 g/mol. The van der Waals surface area contributed by atoms with Gasteiger partial charge in [0.2, 0.25) is 0 Å². The van der Waals surface area contributed by atoms with Gasteiger partial charge in [0, 0.05) is 32.6 Å². The Morgan fingerprint density at radius 3 is 2.59 bits per heavy atom. The van der Waals surface area contributed by atoms with E-state index in [1.807, 2.05) is 24.3 Å². The maximum Gasteiger partial charge on any atom is 0.260 e. The molecular weight excluding hydrogens is 453 g/mol. The lowest BCUT2D eigenvalue weighted by molar-refractivity contribution is -0.114. The number of hydrogen-bond acceptors (Lipinski definition) is 4. The summed E-state index contributed by atoms with van der Waals surface area (Å²) in [6.45, 7) is 1.14. The van der Waals surface area contributed by atoms with Gasteiger partial charge in [-0.15, -0.1) is 0 Å². The first kappa shape index (κ1) is 18.2. The number of carbonyl (C=O) groups excluding carboxylic acids is 2. The minimum atomic E-state index is -0.383. The maximum atomic E-state index is 12.3. The van der Waals surface area contributed by atoms with Gasteiger partial charge in [0.05, 0.1) is 5.57 Å². The van der Waals surface area contributed by atoms with Crippen LogP contribution in [0.3, 0.4) is 0 Å². The highest BCUT2D eigenvalue weighted by molar-refractivity contribution is 14.1. The summed E-state index contributed by atoms with van der Waals surface area (Å²) in [5, 5.41) is 5.60. The second-order valence-electron chi connectivity index (χ2n) is 6.94. The fourth-order valence-electron chi connectivity index (χ4n) is 3.73. The zero-order valence-electron chi connectivity index (χ0n) is 15.0. The first-order chi connectivity index (χ1) is 13.0. The van der Waals surface area contributed by atoms with E-state index in [-0.39, 0.29) is 11.8 Å². The van der Waals surface area contributed by atoms with Gasteiger partial charge in [0.1, 0.15) is 0 Å². The van der Waals surface area contributed by atoms with Gasteiger partial charge in [-0.05, 0) is 84.9 Å². The van der Waals surface area contributed by atoms with Crippen molar-refractivity contribution in [2.45, 2.75) is 18.9 Å². The molecule has 0 saturated carbocycles. The number of hydrogen-bond donors (Lipinski definition) is 2. The van der Waals surface area contributed by atoms with Crippen molar-refractivity contribution in [3.05, 3.63) is 68.9 Å². The van der Waals surface area contributed by atoms with Gasteiger partial charge in [0.25, 0.3) is 11.8 Å². The summed E-state index contributed by atoms with van der Waals surface area (Å²) in [5.41, 5.74) is 3.86. The quantitative estimate of drug-likeness (QED) is 0.405. The van der Waals surface area contributed by atoms with Crippen molar-refractivity contribution in [2.75, 3.05) is 18.9 Å². The lowest BCUT2D eigenvalue weighted by Gasteiger charge is -2.20. The lowest BCUT2D eigenvalue weighted by Crippen LogP contribution is -2.36. The number of benzene rings is 2. The molecule has 1 unspecified atom stereocenters. The van der Waals surface area contributed by atoms with E-state index in [0.717, 1.165) is 15.8 Å². The van der Waals surface area contributed by atoms with E-state index < -0.39 is 0 Å². The standard InChI is InChI=1S/C21H20IN3O2/c1-25-10-2-3-19(25)13-4-7-15(8-5-13)23-12-18-17-11-14(22)6-9-16(17)20(26)24-21(18)27/h4-9,11-12,19,23H,2-3,10H2,1H3,(H,24,26,27). The first-order valence-corrected chi connectivity index (χ1v) is 10.0. The van der Waals surface area contributed by atoms with Crippen LogP contribution in [0.25, 0.3) is 5.57 Å². The van der Waals surface area contributed by atoms with Crippen LogP contribution in [0.4, 0.5) is 5.69 Å². The Bertz CT molecular complexity index is 937. The molecule has 6 heteroatoms. The number of carbonyl (C=O) groups is 2. The SMILES string of the molecule is CN1CCCC1c1ccc(NC=C2C(=O)NC(=O)c3ccc(I)cc32)cc1. The van der Waals surface area contributed by atoms with Crippen molar-refractivity contribution in [1.82, 2.24) is 10.2 Å². The Morgan fingerprint density at radius 2 is 1.89 bits per heavy atom. The Balaban J connectivity index is 1.57. The van der Waals surface area contributed by atoms with Crippen LogP contribution < -0.4 is 10.6 Å². The smallest absolute Gasteiger partial charge is 0.260 e. The number of fused-ring (bicyclic) bond motifs is 1. The number of halogens is 1. The van der Waals surface area contributed by atoms with Crippen molar-refractivity contribution in [3.63, 3.8) is 0 Å². The van der Waals surface area contributed by atoms with Crippen LogP contribution in [0.1, 0.15) is 40.4 Å². The van der Waals surface area contributed by atoms with Gasteiger partial charge in [-0.1, -0.05) is 12.1 Å². The number of amides is 2. The largest absolute Gasteiger partial charge is 0.361 e. The number of rotatable bonds is 3. The summed E-state index contributed by atoms with van der Waals surface area (Å²) in [6.07, 6.45) is 4.10. The van der Waals surface area contributed by atoms with E-state index in [2.05, 4.69) is 57.3 Å². The zero-order valence-corrected chi connectivity index (χ0v) is 17.1. The molecule has 2 aliphatic heterocycles. The second-order valence-corrected chi connectivity index (χ2v) is 8.18. The third-order valence-electron chi connectivity index (χ3n) is 5.19. The normalized spacial score (nSPS) is 21.3. The number of anilines is 1. The molecule has 1 atom stereocenters. The van der Waals surface area contributed by atoms with E-state index in [1.165, 1.54) is 18.4 Å². The highest BCUT2D eigenvalue weighted by Crippen LogP contribution is 2.31. The number of imide groups is 1. The van der Waals surface area contributed by atoms with Crippen LogP contribution in [0.5, 0.6) is 0 Å². The molecule has 5 nitrogen and oxygen atoms in total. The number of nitrogens with one attached hydrogen (secondary N) is 2. The molecule has 0 spiro atoms. The summed E-state index contributed by atoms with van der Waals surface area (Å²) < 4.78 is 0.977. The van der Waals surface area contributed by atoms with E-state index in [0.29, 0.717) is 22.7 Å². The topological polar surface area (TPSA) is 61.4 Å². The predicted molar refractivity (Wildman–Crippen MR) is 114 cm³/mol. The Hall–Kier alpha value is -2.19. The van der Waals surface area contributed by atoms with Crippen molar-refractivity contribution in [3.8, 4) is 0 Å². The fraction of sp³-hybridized carbons (Fsp3) is 0.238. The van der Waals surface area contributed by atoms with E-state index in [4.69, 9.17) is 0 Å². The first-order valence-electron chi connectivity index (χ1n) is 8.95. The summed E-state index contributed by atoms with van der Waals surface area (Å²) in [5.74, 6) is -0.736. The van der Waals surface area contributed by atoms with Crippen molar-refractivity contribution >= 4 is 45.7 Å². The molecule has 2 aliphatic rings. The van der Waals surface area contributed by atoms with Crippen LogP contribution in [0.15, 0.2) is 48.7 Å². The predicted octanol–water partition coefficient (Wildman–Crippen LogP) is 3.78. The van der Waals surface area contributed by atoms with E-state index >= 15 is 0 Å². The van der Waals surface area contributed by atoms with Crippen molar-refractivity contribution in [1.29, 1.82) is 0 Å². The lowest BCUT2D eigenvalue weighted by atomic mass is 9.95. The molecule has 2 amide bonds. The molecule has 0 aliphatic carbocycles. The third-order valence-corrected chi connectivity index (χ3v) is 5.86. The van der Waals surface area contributed by atoms with Crippen LogP contribution in [0, 0.1) is 3.57 Å². The third kappa shape index (κ3) is 3.64. The van der Waals surface area contributed by atoms with Gasteiger partial charge >= 0.3 is 0 Å². The molecule has 0 bridgehead atoms. The average Bonchev–Trinajstić information content (AvgIpc) is 3.07. The van der Waals surface area contributed by atoms with Crippen LogP contribution in [0.2, 0.25) is 0 Å². The molecule has 1 fully saturated rings. The summed E-state index contributed by atoms with van der Waals surface area (Å²) in [6, 6.07) is 14.3. The fourth-order valence-corrected chi connectivity index (χ4v) is 4.22. The van der Waals surface area contributed by atoms with E-state index in [9.17, 15) is 9.59 Å². The number of nitrogens with zero attached hydrogens (tertiary/aromatic N) is 1. The monoisotopic (exact) mass is 473 g/mol. The molecule has 138 valence electrons. The highest BCUT2D eigenvalue weighted by Gasteiger charge is 2.27. The summed E-state index contributed by atoms with van der Waals surface area (Å²) in [4.78, 5) is 26.7. The summed E-state index contributed by atoms with van der Waals surface area (Å²) in [7, 11) is 2.16. The van der Waals surface area contributed by atoms with Crippen LogP contribution in [-0.2, 0) is 4.79 Å². The van der Waals surface area contributed by atoms with Gasteiger partial charge in [-0.25, -0.2) is 0 Å². The Kier molecular flexibility index (Phi) is 5.01. The molecule has 0 radical (unpaired) electrons. The van der Waals surface area contributed by atoms with Crippen LogP contribution >= 0.6 is 22.6 Å². The molecule has 4 rings (SSSR count). The highest BCUT2D eigenvalue weighted by atomic mass is 127. The molecule has 0 aromatic heterocycles. The maximum absolute atomic E-state index is 12.3. The number of likely N-dealkylation sites (tertiary alicyclic amines) is 1. The second kappa shape index (κ2) is 7.44. The molecule has 2 aromatic carbocycles. The van der Waals surface area contributed by atoms with Gasteiger partial charge in [-0.3, -0.25) is 19.8 Å². The minimum Gasteiger partial charge on any atom is -0.361 e. The molecular formula is C21H20IN3O2. The molecule has 2 N–H and O–H groups in total. The van der Waals surface area contributed by atoms with Gasteiger partial charge in [0.15, 0.2) is 0 Å². The minimum absolute atomic E-state index is 0.353. The Labute approximate surface area is 172 Å². The molecule has 2 heterocycles. The summed E-state index contributed by atoms with van der Waals surface area (Å²) >= 11 is 2.18. The van der Waals surface area contributed by atoms with Gasteiger partial charge < -0.3 is 5.32 Å². The van der Waals surface area contributed by atoms with E-state index in [1.54, 1.807) is 12.3 Å². The molecule has 2 aromatic rings. The van der Waals surface area contributed by atoms with Crippen molar-refractivity contribution in [2.24, 2.45) is 0 Å². The van der Waals surface area contributed by atoms with Crippen molar-refractivity contribution < 1.29 is 9.59 Å². The Morgan fingerprint density at radius 1 is 1.11 bits per heavy atom. The molecule has 1 saturated heterocycles. The van der Waals surface area contributed by atoms with Gasteiger partial charge in [-0.2, -0.15) is 0 Å². The molecule has 27 heavy (non-hydrogen) atoms.